The van der Waals surface area contributed by atoms with Gasteiger partial charge in [-0.1, -0.05) is 0 Å². The molecule has 0 aliphatic heterocycles. The Kier molecular flexibility index (Phi) is 1.74. The first-order valence-corrected chi connectivity index (χ1v) is 3.10. The van der Waals surface area contributed by atoms with Crippen LogP contribution in [0.15, 0.2) is 6.33 Å². The Bertz CT molecular complexity index is 196. The van der Waals surface area contributed by atoms with Crippen LogP contribution in [0.3, 0.4) is 0 Å². The summed E-state index contributed by atoms with van der Waals surface area (Å²) in [5.74, 6) is -0.369. The molecule has 0 saturated carbocycles. The van der Waals surface area contributed by atoms with E-state index in [-0.39, 0.29) is 12.3 Å². The van der Waals surface area contributed by atoms with E-state index in [1.54, 1.807) is 0 Å². The molecule has 0 spiro atoms. The molecule has 0 fully saturated rings. The van der Waals surface area contributed by atoms with Gasteiger partial charge in [0.15, 0.2) is 0 Å². The SMILES string of the molecule is NC(=O)Cc1ncns1. The maximum atomic E-state index is 10.2. The van der Waals surface area contributed by atoms with Gasteiger partial charge in [0, 0.05) is 0 Å². The summed E-state index contributed by atoms with van der Waals surface area (Å²) in [6, 6.07) is 0. The van der Waals surface area contributed by atoms with Crippen molar-refractivity contribution in [3.8, 4) is 0 Å². The van der Waals surface area contributed by atoms with Gasteiger partial charge in [-0.15, -0.1) is 0 Å². The molecular weight excluding hydrogens is 138 g/mol. The highest BCUT2D eigenvalue weighted by molar-refractivity contribution is 7.05. The second kappa shape index (κ2) is 2.54. The number of nitrogens with zero attached hydrogens (tertiary/aromatic N) is 2. The first-order chi connectivity index (χ1) is 4.29. The van der Waals surface area contributed by atoms with Gasteiger partial charge in [-0.25, -0.2) is 4.98 Å². The largest absolute Gasteiger partial charge is 0.369 e. The summed E-state index contributed by atoms with van der Waals surface area (Å²) in [6.07, 6.45) is 1.60. The fourth-order valence-corrected chi connectivity index (χ4v) is 0.940. The molecule has 0 aliphatic carbocycles. The van der Waals surface area contributed by atoms with Gasteiger partial charge in [-0.05, 0) is 11.5 Å². The Labute approximate surface area is 55.9 Å². The molecule has 1 aromatic rings. The molecule has 0 aliphatic rings. The molecule has 9 heavy (non-hydrogen) atoms. The van der Waals surface area contributed by atoms with Crippen LogP contribution < -0.4 is 5.73 Å². The molecule has 5 heteroatoms. The Morgan fingerprint density at radius 2 is 2.67 bits per heavy atom. The van der Waals surface area contributed by atoms with Gasteiger partial charge in [0.05, 0.1) is 6.42 Å². The van der Waals surface area contributed by atoms with Crippen molar-refractivity contribution in [2.24, 2.45) is 5.73 Å². The van der Waals surface area contributed by atoms with E-state index in [9.17, 15) is 4.79 Å². The van der Waals surface area contributed by atoms with Crippen LogP contribution in [-0.4, -0.2) is 15.3 Å². The summed E-state index contributed by atoms with van der Waals surface area (Å²) >= 11 is 1.19. The maximum Gasteiger partial charge on any atom is 0.224 e. The van der Waals surface area contributed by atoms with Crippen molar-refractivity contribution in [1.82, 2.24) is 9.36 Å². The van der Waals surface area contributed by atoms with E-state index in [1.165, 1.54) is 17.9 Å². The molecule has 0 bridgehead atoms. The number of hydrogen-bond donors (Lipinski definition) is 1. The lowest BCUT2D eigenvalue weighted by Crippen LogP contribution is -2.13. The van der Waals surface area contributed by atoms with E-state index in [1.807, 2.05) is 0 Å². The van der Waals surface area contributed by atoms with Gasteiger partial charge in [0.25, 0.3) is 0 Å². The van der Waals surface area contributed by atoms with Gasteiger partial charge < -0.3 is 5.73 Å². The quantitative estimate of drug-likeness (QED) is 0.610. The summed E-state index contributed by atoms with van der Waals surface area (Å²) < 4.78 is 3.70. The summed E-state index contributed by atoms with van der Waals surface area (Å²) in [4.78, 5) is 14.0. The predicted octanol–water partition coefficient (Wildman–Crippen LogP) is -0.434. The van der Waals surface area contributed by atoms with Crippen LogP contribution in [0.25, 0.3) is 0 Å². The molecule has 0 atom stereocenters. The minimum absolute atomic E-state index is 0.199. The molecule has 1 heterocycles. The number of primary amides is 1. The molecule has 1 rings (SSSR count). The van der Waals surface area contributed by atoms with Crippen LogP contribution in [0.4, 0.5) is 0 Å². The lowest BCUT2D eigenvalue weighted by Gasteiger charge is -1.83. The van der Waals surface area contributed by atoms with Crippen LogP contribution in [0.2, 0.25) is 0 Å². The van der Waals surface area contributed by atoms with E-state index in [4.69, 9.17) is 5.73 Å². The molecule has 0 saturated heterocycles. The van der Waals surface area contributed by atoms with Crippen LogP contribution in [-0.2, 0) is 11.2 Å². The average Bonchev–Trinajstić information content (AvgIpc) is 2.15. The van der Waals surface area contributed by atoms with E-state index in [0.29, 0.717) is 5.01 Å². The minimum atomic E-state index is -0.369. The minimum Gasteiger partial charge on any atom is -0.369 e. The highest BCUT2D eigenvalue weighted by Gasteiger charge is 1.99. The number of hydrogen-bond acceptors (Lipinski definition) is 4. The fourth-order valence-electron chi connectivity index (χ4n) is 0.423. The van der Waals surface area contributed by atoms with Gasteiger partial charge >= 0.3 is 0 Å². The van der Waals surface area contributed by atoms with Gasteiger partial charge in [-0.3, -0.25) is 4.79 Å². The van der Waals surface area contributed by atoms with E-state index < -0.39 is 0 Å². The Morgan fingerprint density at radius 3 is 3.11 bits per heavy atom. The number of carbonyl (C=O) groups is 1. The summed E-state index contributed by atoms with van der Waals surface area (Å²) in [5, 5.41) is 0.669. The Hall–Kier alpha value is -0.970. The smallest absolute Gasteiger partial charge is 0.224 e. The number of rotatable bonds is 2. The third-order valence-electron chi connectivity index (χ3n) is 0.732. The van der Waals surface area contributed by atoms with Crippen LogP contribution in [0, 0.1) is 0 Å². The van der Waals surface area contributed by atoms with Gasteiger partial charge in [0.2, 0.25) is 5.91 Å². The van der Waals surface area contributed by atoms with Crippen molar-refractivity contribution < 1.29 is 4.79 Å². The third kappa shape index (κ3) is 1.77. The Balaban J connectivity index is 2.58. The molecule has 1 amide bonds. The molecule has 0 radical (unpaired) electrons. The maximum absolute atomic E-state index is 10.2. The zero-order chi connectivity index (χ0) is 6.69. The van der Waals surface area contributed by atoms with Crippen molar-refractivity contribution >= 4 is 17.4 Å². The fraction of sp³-hybridized carbons (Fsp3) is 0.250. The molecule has 0 aromatic carbocycles. The molecular formula is C4H5N3OS. The monoisotopic (exact) mass is 143 g/mol. The zero-order valence-electron chi connectivity index (χ0n) is 4.57. The van der Waals surface area contributed by atoms with Crippen LogP contribution in [0.1, 0.15) is 5.01 Å². The zero-order valence-corrected chi connectivity index (χ0v) is 5.39. The summed E-state index contributed by atoms with van der Waals surface area (Å²) in [5.41, 5.74) is 4.88. The number of carbonyl (C=O) groups excluding carboxylic acids is 1. The molecule has 0 unspecified atom stereocenters. The van der Waals surface area contributed by atoms with E-state index >= 15 is 0 Å². The van der Waals surface area contributed by atoms with Crippen molar-refractivity contribution in [1.29, 1.82) is 0 Å². The van der Waals surface area contributed by atoms with E-state index in [0.717, 1.165) is 0 Å². The van der Waals surface area contributed by atoms with Crippen molar-refractivity contribution in [2.75, 3.05) is 0 Å². The highest BCUT2D eigenvalue weighted by Crippen LogP contribution is 1.98. The van der Waals surface area contributed by atoms with E-state index in [2.05, 4.69) is 9.36 Å². The molecule has 4 nitrogen and oxygen atoms in total. The number of nitrogens with two attached hydrogens (primary N) is 1. The summed E-state index contributed by atoms with van der Waals surface area (Å²) in [6.45, 7) is 0. The van der Waals surface area contributed by atoms with Crippen molar-refractivity contribution in [3.05, 3.63) is 11.3 Å². The van der Waals surface area contributed by atoms with Crippen LogP contribution in [0.5, 0.6) is 0 Å². The van der Waals surface area contributed by atoms with Crippen molar-refractivity contribution in [2.45, 2.75) is 6.42 Å². The van der Waals surface area contributed by atoms with Gasteiger partial charge in [-0.2, -0.15) is 4.37 Å². The first-order valence-electron chi connectivity index (χ1n) is 2.33. The predicted molar refractivity (Wildman–Crippen MR) is 32.8 cm³/mol. The number of aromatic nitrogens is 2. The highest BCUT2D eigenvalue weighted by atomic mass is 32.1. The second-order valence-electron chi connectivity index (χ2n) is 1.48. The first kappa shape index (κ1) is 6.15. The standard InChI is InChI=1S/C4H5N3OS/c5-3(8)1-4-6-2-7-9-4/h2H,1H2,(H2,5,8). The lowest BCUT2D eigenvalue weighted by atomic mass is 10.4. The normalized spacial score (nSPS) is 9.33. The topological polar surface area (TPSA) is 68.9 Å². The number of amides is 1. The lowest BCUT2D eigenvalue weighted by molar-refractivity contribution is -0.117. The van der Waals surface area contributed by atoms with Crippen LogP contribution >= 0.6 is 11.5 Å². The summed E-state index contributed by atoms with van der Waals surface area (Å²) in [7, 11) is 0. The Morgan fingerprint density at radius 1 is 1.89 bits per heavy atom. The van der Waals surface area contributed by atoms with Crippen molar-refractivity contribution in [3.63, 3.8) is 0 Å². The third-order valence-corrected chi connectivity index (χ3v) is 1.39. The molecule has 1 aromatic heterocycles. The van der Waals surface area contributed by atoms with Gasteiger partial charge in [0.1, 0.15) is 11.3 Å². The molecule has 48 valence electrons. The molecule has 2 N–H and O–H groups in total. The second-order valence-corrected chi connectivity index (χ2v) is 2.34. The average molecular weight is 143 g/mol.